The lowest BCUT2D eigenvalue weighted by atomic mass is 10.2. The summed E-state index contributed by atoms with van der Waals surface area (Å²) in [5.74, 6) is 1.46. The van der Waals surface area contributed by atoms with Gasteiger partial charge in [-0.2, -0.15) is 10.2 Å². The first-order valence-electron chi connectivity index (χ1n) is 7.04. The molecular formula is C16H19N5. The number of nitrogens with one attached hydrogen (secondary N) is 1. The summed E-state index contributed by atoms with van der Waals surface area (Å²) in [5, 5.41) is 12.1. The Hall–Kier alpha value is -2.61. The Kier molecular flexibility index (Phi) is 4.72. The molecule has 1 heterocycles. The third kappa shape index (κ3) is 3.69. The van der Waals surface area contributed by atoms with Crippen LogP contribution in [0.4, 0.5) is 17.5 Å². The Bertz CT molecular complexity index is 656. The summed E-state index contributed by atoms with van der Waals surface area (Å²) in [5.41, 5.74) is 2.33. The SMILES string of the molecule is CCN(CC)c1cc(C)nc(Nc2cccc(C#N)c2)n1. The molecular weight excluding hydrogens is 262 g/mol. The molecule has 0 radical (unpaired) electrons. The van der Waals surface area contributed by atoms with Gasteiger partial charge in [-0.15, -0.1) is 0 Å². The molecule has 108 valence electrons. The first-order chi connectivity index (χ1) is 10.2. The minimum Gasteiger partial charge on any atom is -0.357 e. The molecule has 0 fully saturated rings. The molecule has 0 aliphatic rings. The van der Waals surface area contributed by atoms with Crippen LogP contribution in [-0.2, 0) is 0 Å². The van der Waals surface area contributed by atoms with Gasteiger partial charge in [0.2, 0.25) is 5.95 Å². The van der Waals surface area contributed by atoms with E-state index in [1.807, 2.05) is 25.1 Å². The van der Waals surface area contributed by atoms with Gasteiger partial charge in [-0.05, 0) is 39.0 Å². The van der Waals surface area contributed by atoms with Crippen molar-refractivity contribution in [3.8, 4) is 6.07 Å². The fraction of sp³-hybridized carbons (Fsp3) is 0.312. The lowest BCUT2D eigenvalue weighted by Gasteiger charge is -2.20. The average molecular weight is 281 g/mol. The van der Waals surface area contributed by atoms with Crippen LogP contribution in [0.15, 0.2) is 30.3 Å². The number of nitriles is 1. The van der Waals surface area contributed by atoms with Gasteiger partial charge in [-0.3, -0.25) is 0 Å². The van der Waals surface area contributed by atoms with E-state index in [0.717, 1.165) is 30.3 Å². The summed E-state index contributed by atoms with van der Waals surface area (Å²) < 4.78 is 0. The van der Waals surface area contributed by atoms with Crippen molar-refractivity contribution in [1.29, 1.82) is 5.26 Å². The van der Waals surface area contributed by atoms with Gasteiger partial charge in [0, 0.05) is 30.5 Å². The van der Waals surface area contributed by atoms with Crippen molar-refractivity contribution < 1.29 is 0 Å². The van der Waals surface area contributed by atoms with E-state index in [9.17, 15) is 0 Å². The second kappa shape index (κ2) is 6.71. The molecule has 0 amide bonds. The fourth-order valence-corrected chi connectivity index (χ4v) is 2.11. The Morgan fingerprint density at radius 1 is 1.19 bits per heavy atom. The maximum Gasteiger partial charge on any atom is 0.229 e. The van der Waals surface area contributed by atoms with Gasteiger partial charge in [0.1, 0.15) is 5.82 Å². The predicted octanol–water partition coefficient (Wildman–Crippen LogP) is 3.25. The van der Waals surface area contributed by atoms with E-state index >= 15 is 0 Å². The summed E-state index contributed by atoms with van der Waals surface area (Å²) in [6.07, 6.45) is 0. The van der Waals surface area contributed by atoms with Gasteiger partial charge in [0.25, 0.3) is 0 Å². The monoisotopic (exact) mass is 281 g/mol. The lowest BCUT2D eigenvalue weighted by molar-refractivity contribution is 0.840. The van der Waals surface area contributed by atoms with E-state index in [-0.39, 0.29) is 0 Å². The first kappa shape index (κ1) is 14.8. The number of hydrogen-bond acceptors (Lipinski definition) is 5. The van der Waals surface area contributed by atoms with Crippen LogP contribution in [0.1, 0.15) is 25.1 Å². The molecule has 21 heavy (non-hydrogen) atoms. The molecule has 0 unspecified atom stereocenters. The Morgan fingerprint density at radius 3 is 2.62 bits per heavy atom. The van der Waals surface area contributed by atoms with Crippen LogP contribution in [0.3, 0.4) is 0 Å². The molecule has 1 aromatic carbocycles. The number of anilines is 3. The van der Waals surface area contributed by atoms with Crippen molar-refractivity contribution in [3.63, 3.8) is 0 Å². The highest BCUT2D eigenvalue weighted by Gasteiger charge is 2.08. The van der Waals surface area contributed by atoms with Crippen LogP contribution in [0, 0.1) is 18.3 Å². The molecule has 0 atom stereocenters. The lowest BCUT2D eigenvalue weighted by Crippen LogP contribution is -2.23. The van der Waals surface area contributed by atoms with E-state index in [2.05, 4.69) is 40.1 Å². The zero-order valence-electron chi connectivity index (χ0n) is 12.6. The smallest absolute Gasteiger partial charge is 0.229 e. The van der Waals surface area contributed by atoms with Crippen LogP contribution in [0.25, 0.3) is 0 Å². The summed E-state index contributed by atoms with van der Waals surface area (Å²) in [4.78, 5) is 11.1. The summed E-state index contributed by atoms with van der Waals surface area (Å²) in [6.45, 7) is 7.95. The van der Waals surface area contributed by atoms with E-state index in [4.69, 9.17) is 5.26 Å². The van der Waals surface area contributed by atoms with Gasteiger partial charge >= 0.3 is 0 Å². The van der Waals surface area contributed by atoms with Crippen molar-refractivity contribution in [1.82, 2.24) is 9.97 Å². The minimum atomic E-state index is 0.548. The highest BCUT2D eigenvalue weighted by atomic mass is 15.2. The maximum atomic E-state index is 8.94. The Labute approximate surface area is 125 Å². The van der Waals surface area contributed by atoms with Crippen molar-refractivity contribution >= 4 is 17.5 Å². The van der Waals surface area contributed by atoms with Gasteiger partial charge in [-0.1, -0.05) is 6.07 Å². The van der Waals surface area contributed by atoms with Crippen LogP contribution in [0.5, 0.6) is 0 Å². The van der Waals surface area contributed by atoms with E-state index in [0.29, 0.717) is 11.5 Å². The number of hydrogen-bond donors (Lipinski definition) is 1. The van der Waals surface area contributed by atoms with Crippen LogP contribution in [-0.4, -0.2) is 23.1 Å². The van der Waals surface area contributed by atoms with Crippen molar-refractivity contribution in [2.75, 3.05) is 23.3 Å². The Morgan fingerprint density at radius 2 is 1.95 bits per heavy atom. The summed E-state index contributed by atoms with van der Waals surface area (Å²) >= 11 is 0. The number of aromatic nitrogens is 2. The van der Waals surface area contributed by atoms with Crippen molar-refractivity contribution in [2.45, 2.75) is 20.8 Å². The maximum absolute atomic E-state index is 8.94. The van der Waals surface area contributed by atoms with Crippen LogP contribution < -0.4 is 10.2 Å². The van der Waals surface area contributed by atoms with Gasteiger partial charge in [0.05, 0.1) is 11.6 Å². The molecule has 1 N–H and O–H groups in total. The van der Waals surface area contributed by atoms with Crippen LogP contribution in [0.2, 0.25) is 0 Å². The molecule has 2 aromatic rings. The highest BCUT2D eigenvalue weighted by Crippen LogP contribution is 2.18. The van der Waals surface area contributed by atoms with E-state index in [1.165, 1.54) is 0 Å². The topological polar surface area (TPSA) is 64.8 Å². The predicted molar refractivity (Wildman–Crippen MR) is 84.8 cm³/mol. The Balaban J connectivity index is 2.29. The standard InChI is InChI=1S/C16H19N5/c1-4-21(5-2)15-9-12(3)18-16(20-15)19-14-8-6-7-13(10-14)11-17/h6-10H,4-5H2,1-3H3,(H,18,19,20). The van der Waals surface area contributed by atoms with E-state index in [1.54, 1.807) is 12.1 Å². The molecule has 1 aromatic heterocycles. The second-order valence-electron chi connectivity index (χ2n) is 4.68. The second-order valence-corrected chi connectivity index (χ2v) is 4.68. The third-order valence-electron chi connectivity index (χ3n) is 3.18. The zero-order valence-corrected chi connectivity index (χ0v) is 12.6. The number of rotatable bonds is 5. The summed E-state index contributed by atoms with van der Waals surface area (Å²) in [6, 6.07) is 11.4. The number of aryl methyl sites for hydroxylation is 1. The number of nitrogens with zero attached hydrogens (tertiary/aromatic N) is 4. The molecule has 2 rings (SSSR count). The van der Waals surface area contributed by atoms with Crippen molar-refractivity contribution in [3.05, 3.63) is 41.6 Å². The molecule has 0 aliphatic heterocycles. The molecule has 5 heteroatoms. The number of benzene rings is 1. The third-order valence-corrected chi connectivity index (χ3v) is 3.18. The van der Waals surface area contributed by atoms with Crippen LogP contribution >= 0.6 is 0 Å². The molecule has 0 saturated carbocycles. The van der Waals surface area contributed by atoms with Gasteiger partial charge in [-0.25, -0.2) is 4.98 Å². The summed E-state index contributed by atoms with van der Waals surface area (Å²) in [7, 11) is 0. The van der Waals surface area contributed by atoms with Gasteiger partial charge < -0.3 is 10.2 Å². The average Bonchev–Trinajstić information content (AvgIpc) is 2.48. The van der Waals surface area contributed by atoms with Gasteiger partial charge in [0.15, 0.2) is 0 Å². The molecule has 5 nitrogen and oxygen atoms in total. The molecule has 0 spiro atoms. The van der Waals surface area contributed by atoms with Crippen molar-refractivity contribution in [2.24, 2.45) is 0 Å². The largest absolute Gasteiger partial charge is 0.357 e. The van der Waals surface area contributed by atoms with E-state index < -0.39 is 0 Å². The normalized spacial score (nSPS) is 10.0. The quantitative estimate of drug-likeness (QED) is 0.911. The molecule has 0 aliphatic carbocycles. The highest BCUT2D eigenvalue weighted by molar-refractivity contribution is 5.58. The zero-order chi connectivity index (χ0) is 15.2. The molecule has 0 bridgehead atoms. The first-order valence-corrected chi connectivity index (χ1v) is 7.04. The fourth-order valence-electron chi connectivity index (χ4n) is 2.11. The molecule has 0 saturated heterocycles. The minimum absolute atomic E-state index is 0.548.